The lowest BCUT2D eigenvalue weighted by Gasteiger charge is -2.38. The number of amides is 1. The topological polar surface area (TPSA) is 57.7 Å². The van der Waals surface area contributed by atoms with E-state index in [0.717, 1.165) is 31.4 Å². The van der Waals surface area contributed by atoms with Crippen molar-refractivity contribution in [2.75, 3.05) is 24.2 Å². The molecule has 1 aromatic carbocycles. The van der Waals surface area contributed by atoms with Gasteiger partial charge in [0.15, 0.2) is 0 Å². The van der Waals surface area contributed by atoms with Gasteiger partial charge < -0.3 is 4.90 Å². The minimum Gasteiger partial charge on any atom is -0.311 e. The van der Waals surface area contributed by atoms with Crippen LogP contribution in [-0.4, -0.2) is 44.0 Å². The largest absolute Gasteiger partial charge is 0.311 e. The van der Waals surface area contributed by atoms with Gasteiger partial charge in [-0.15, -0.1) is 0 Å². The summed E-state index contributed by atoms with van der Waals surface area (Å²) in [5.41, 5.74) is 2.11. The molecule has 0 aromatic heterocycles. The van der Waals surface area contributed by atoms with E-state index in [2.05, 4.69) is 0 Å². The van der Waals surface area contributed by atoms with Gasteiger partial charge in [-0.3, -0.25) is 4.79 Å². The molecule has 5 nitrogen and oxygen atoms in total. The van der Waals surface area contributed by atoms with Crippen molar-refractivity contribution < 1.29 is 13.2 Å². The van der Waals surface area contributed by atoms with Crippen molar-refractivity contribution in [2.45, 2.75) is 38.1 Å². The van der Waals surface area contributed by atoms with E-state index in [4.69, 9.17) is 0 Å². The molecule has 2 aliphatic heterocycles. The summed E-state index contributed by atoms with van der Waals surface area (Å²) in [6, 6.07) is 7.37. The van der Waals surface area contributed by atoms with E-state index < -0.39 is 16.1 Å². The highest BCUT2D eigenvalue weighted by Crippen LogP contribution is 2.30. The number of aryl methyl sites for hydroxylation is 1. The third-order valence-corrected chi connectivity index (χ3v) is 5.83. The molecule has 0 unspecified atom stereocenters. The fourth-order valence-electron chi connectivity index (χ4n) is 3.49. The van der Waals surface area contributed by atoms with Gasteiger partial charge in [-0.05, 0) is 37.3 Å². The van der Waals surface area contributed by atoms with Gasteiger partial charge in [0.1, 0.15) is 6.04 Å². The summed E-state index contributed by atoms with van der Waals surface area (Å²) < 4.78 is 25.4. The van der Waals surface area contributed by atoms with Gasteiger partial charge in [0.2, 0.25) is 15.9 Å². The number of carbonyl (C=O) groups is 1. The maximum Gasteiger partial charge on any atom is 0.245 e. The van der Waals surface area contributed by atoms with Gasteiger partial charge >= 0.3 is 0 Å². The molecule has 0 N–H and O–H groups in total. The third-order valence-electron chi connectivity index (χ3n) is 4.54. The van der Waals surface area contributed by atoms with Crippen LogP contribution in [0.5, 0.6) is 0 Å². The summed E-state index contributed by atoms with van der Waals surface area (Å²) in [6.45, 7) is 1.12. The molecule has 0 radical (unpaired) electrons. The summed E-state index contributed by atoms with van der Waals surface area (Å²) in [5.74, 6) is -0.0720. The van der Waals surface area contributed by atoms with E-state index in [9.17, 15) is 13.2 Å². The van der Waals surface area contributed by atoms with Crippen molar-refractivity contribution >= 4 is 21.6 Å². The molecule has 1 atom stereocenters. The number of carbonyl (C=O) groups excluding carboxylic acids is 1. The fourth-order valence-corrected chi connectivity index (χ4v) is 4.61. The highest BCUT2D eigenvalue weighted by Gasteiger charge is 2.38. The van der Waals surface area contributed by atoms with Crippen LogP contribution in [0, 0.1) is 0 Å². The lowest BCUT2D eigenvalue weighted by Crippen LogP contribution is -2.53. The molecule has 1 fully saturated rings. The quantitative estimate of drug-likeness (QED) is 0.834. The van der Waals surface area contributed by atoms with Crippen molar-refractivity contribution in [3.8, 4) is 0 Å². The Labute approximate surface area is 132 Å². The Bertz CT molecular complexity index is 672. The van der Waals surface area contributed by atoms with Crippen LogP contribution in [-0.2, 0) is 21.2 Å². The summed E-state index contributed by atoms with van der Waals surface area (Å²) in [6.07, 6.45) is 5.44. The van der Waals surface area contributed by atoms with E-state index in [1.807, 2.05) is 24.3 Å². The molecule has 120 valence electrons. The van der Waals surface area contributed by atoms with Gasteiger partial charge in [0.25, 0.3) is 0 Å². The van der Waals surface area contributed by atoms with E-state index in [1.165, 1.54) is 16.1 Å². The average Bonchev–Trinajstić information content (AvgIpc) is 2.53. The molecule has 1 saturated heterocycles. The van der Waals surface area contributed by atoms with Crippen molar-refractivity contribution in [1.29, 1.82) is 0 Å². The van der Waals surface area contributed by atoms with Crippen LogP contribution in [0.1, 0.15) is 31.2 Å². The van der Waals surface area contributed by atoms with Crippen molar-refractivity contribution in [3.05, 3.63) is 29.8 Å². The highest BCUT2D eigenvalue weighted by molar-refractivity contribution is 7.88. The number of rotatable bonds is 2. The Hall–Kier alpha value is -1.40. The molecular weight excluding hydrogens is 300 g/mol. The molecule has 0 bridgehead atoms. The van der Waals surface area contributed by atoms with Crippen LogP contribution in [0.3, 0.4) is 0 Å². The summed E-state index contributed by atoms with van der Waals surface area (Å²) in [5, 5.41) is 0. The zero-order valence-electron chi connectivity index (χ0n) is 12.9. The standard InChI is InChI=1S/C16H22N2O3S/c1-22(20,21)18-12-5-4-10-15(18)16(19)17-11-6-8-13-7-2-3-9-14(13)17/h2-3,7,9,15H,4-6,8,10-12H2,1H3/t15-/m1/s1. The fraction of sp³-hybridized carbons (Fsp3) is 0.562. The first kappa shape index (κ1) is 15.5. The Morgan fingerprint density at radius 2 is 1.91 bits per heavy atom. The Morgan fingerprint density at radius 1 is 1.14 bits per heavy atom. The number of fused-ring (bicyclic) bond motifs is 1. The van der Waals surface area contributed by atoms with E-state index >= 15 is 0 Å². The lowest BCUT2D eigenvalue weighted by molar-refractivity contribution is -0.123. The summed E-state index contributed by atoms with van der Waals surface area (Å²) >= 11 is 0. The minimum absolute atomic E-state index is 0.0720. The number of sulfonamides is 1. The number of hydrogen-bond acceptors (Lipinski definition) is 3. The predicted octanol–water partition coefficient (Wildman–Crippen LogP) is 1.78. The Morgan fingerprint density at radius 3 is 2.68 bits per heavy atom. The second kappa shape index (κ2) is 6.01. The number of piperidine rings is 1. The first-order valence-corrected chi connectivity index (χ1v) is 9.69. The normalized spacial score (nSPS) is 23.1. The van der Waals surface area contributed by atoms with Crippen LogP contribution in [0.25, 0.3) is 0 Å². The Balaban J connectivity index is 1.90. The highest BCUT2D eigenvalue weighted by atomic mass is 32.2. The van der Waals surface area contributed by atoms with Gasteiger partial charge in [0.05, 0.1) is 6.26 Å². The Kier molecular flexibility index (Phi) is 4.23. The van der Waals surface area contributed by atoms with Gasteiger partial charge in [0, 0.05) is 18.8 Å². The molecule has 0 saturated carbocycles. The van der Waals surface area contributed by atoms with Gasteiger partial charge in [-0.2, -0.15) is 4.31 Å². The number of benzene rings is 1. The molecule has 1 aromatic rings. The minimum atomic E-state index is -3.35. The van der Waals surface area contributed by atoms with E-state index in [0.29, 0.717) is 19.5 Å². The average molecular weight is 322 g/mol. The van der Waals surface area contributed by atoms with Crippen LogP contribution in [0.15, 0.2) is 24.3 Å². The summed E-state index contributed by atoms with van der Waals surface area (Å²) in [7, 11) is -3.35. The van der Waals surface area contributed by atoms with Gasteiger partial charge in [-0.1, -0.05) is 24.6 Å². The molecule has 2 heterocycles. The monoisotopic (exact) mass is 322 g/mol. The third kappa shape index (κ3) is 2.90. The van der Waals surface area contributed by atoms with Crippen molar-refractivity contribution in [3.63, 3.8) is 0 Å². The maximum absolute atomic E-state index is 13.0. The smallest absolute Gasteiger partial charge is 0.245 e. The molecule has 0 spiro atoms. The van der Waals surface area contributed by atoms with Crippen LogP contribution in [0.4, 0.5) is 5.69 Å². The lowest BCUT2D eigenvalue weighted by atomic mass is 9.98. The number of hydrogen-bond donors (Lipinski definition) is 0. The van der Waals surface area contributed by atoms with E-state index in [-0.39, 0.29) is 5.91 Å². The second-order valence-corrected chi connectivity index (χ2v) is 8.04. The second-order valence-electron chi connectivity index (χ2n) is 6.11. The number of anilines is 1. The van der Waals surface area contributed by atoms with Crippen LogP contribution < -0.4 is 4.90 Å². The molecule has 0 aliphatic carbocycles. The van der Waals surface area contributed by atoms with Crippen LogP contribution in [0.2, 0.25) is 0 Å². The maximum atomic E-state index is 13.0. The van der Waals surface area contributed by atoms with Crippen molar-refractivity contribution in [1.82, 2.24) is 4.31 Å². The molecule has 2 aliphatic rings. The molecule has 6 heteroatoms. The first-order valence-electron chi connectivity index (χ1n) is 7.84. The molecule has 1 amide bonds. The SMILES string of the molecule is CS(=O)(=O)N1CCCC[C@@H]1C(=O)N1CCCc2ccccc21. The van der Waals surface area contributed by atoms with Crippen molar-refractivity contribution in [2.24, 2.45) is 0 Å². The van der Waals surface area contributed by atoms with E-state index in [1.54, 1.807) is 4.90 Å². The van der Waals surface area contributed by atoms with Crippen LogP contribution >= 0.6 is 0 Å². The number of nitrogens with zero attached hydrogens (tertiary/aromatic N) is 2. The molecular formula is C16H22N2O3S. The van der Waals surface area contributed by atoms with Gasteiger partial charge in [-0.25, -0.2) is 8.42 Å². The number of para-hydroxylation sites is 1. The summed E-state index contributed by atoms with van der Waals surface area (Å²) in [4.78, 5) is 14.8. The molecule has 3 rings (SSSR count). The molecule has 22 heavy (non-hydrogen) atoms. The first-order chi connectivity index (χ1) is 10.5. The zero-order valence-corrected chi connectivity index (χ0v) is 13.7. The zero-order chi connectivity index (χ0) is 15.7. The predicted molar refractivity (Wildman–Crippen MR) is 86.3 cm³/mol.